The Morgan fingerprint density at radius 1 is 1.38 bits per heavy atom. The Balaban J connectivity index is 0.00000161. The number of piperazine rings is 1. The number of hydrogen-bond donors (Lipinski definition) is 1. The fraction of sp³-hybridized carbons (Fsp3) is 0.400. The normalized spacial score (nSPS) is 19.2. The molecule has 0 saturated carbocycles. The number of nitrogens with zero attached hydrogens (tertiary/aromatic N) is 2. The third kappa shape index (κ3) is 3.98. The quantitative estimate of drug-likeness (QED) is 0.939. The summed E-state index contributed by atoms with van der Waals surface area (Å²) in [6.07, 6.45) is 0. The van der Waals surface area contributed by atoms with E-state index in [-0.39, 0.29) is 12.4 Å². The summed E-state index contributed by atoms with van der Waals surface area (Å²) in [5, 5.41) is 8.26. The van der Waals surface area contributed by atoms with Crippen molar-refractivity contribution in [1.82, 2.24) is 15.4 Å². The maximum Gasteiger partial charge on any atom is 0.151 e. The zero-order valence-corrected chi connectivity index (χ0v) is 13.5. The minimum Gasteiger partial charge on any atom is -0.359 e. The molecule has 2 aromatic rings. The Labute approximate surface area is 135 Å². The van der Waals surface area contributed by atoms with Crippen LogP contribution in [-0.4, -0.2) is 35.7 Å². The summed E-state index contributed by atoms with van der Waals surface area (Å²) in [4.78, 5) is 2.41. The minimum atomic E-state index is 0. The molecular weight excluding hydrogens is 309 g/mol. The van der Waals surface area contributed by atoms with Crippen LogP contribution in [-0.2, 0) is 6.54 Å². The molecule has 1 aromatic heterocycles. The zero-order chi connectivity index (χ0) is 13.9. The first-order chi connectivity index (χ1) is 9.72. The number of rotatable bonds is 3. The second kappa shape index (κ2) is 7.27. The van der Waals surface area contributed by atoms with Crippen LogP contribution < -0.4 is 5.32 Å². The number of aromatic nitrogens is 1. The van der Waals surface area contributed by atoms with Crippen LogP contribution in [0.2, 0.25) is 5.02 Å². The number of nitrogens with one attached hydrogen (secondary N) is 1. The number of benzene rings is 1. The summed E-state index contributed by atoms with van der Waals surface area (Å²) >= 11 is 5.89. The van der Waals surface area contributed by atoms with Crippen molar-refractivity contribution in [3.05, 3.63) is 41.1 Å². The van der Waals surface area contributed by atoms with Crippen molar-refractivity contribution in [2.45, 2.75) is 19.5 Å². The van der Waals surface area contributed by atoms with Crippen molar-refractivity contribution in [2.75, 3.05) is 19.6 Å². The summed E-state index contributed by atoms with van der Waals surface area (Å²) < 4.78 is 5.46. The first-order valence-electron chi connectivity index (χ1n) is 6.88. The first-order valence-corrected chi connectivity index (χ1v) is 7.26. The van der Waals surface area contributed by atoms with E-state index in [1.807, 2.05) is 30.3 Å². The summed E-state index contributed by atoms with van der Waals surface area (Å²) in [5.74, 6) is 0.906. The molecule has 1 aliphatic heterocycles. The minimum absolute atomic E-state index is 0. The zero-order valence-electron chi connectivity index (χ0n) is 11.9. The van der Waals surface area contributed by atoms with Gasteiger partial charge in [-0.1, -0.05) is 28.9 Å². The van der Waals surface area contributed by atoms with E-state index >= 15 is 0 Å². The third-order valence-corrected chi connectivity index (χ3v) is 3.95. The largest absolute Gasteiger partial charge is 0.359 e. The van der Waals surface area contributed by atoms with E-state index in [2.05, 4.69) is 22.3 Å². The number of halogens is 2. The van der Waals surface area contributed by atoms with Gasteiger partial charge in [-0.2, -0.15) is 0 Å². The van der Waals surface area contributed by atoms with E-state index in [1.54, 1.807) is 0 Å². The van der Waals surface area contributed by atoms with Crippen LogP contribution in [0.4, 0.5) is 0 Å². The van der Waals surface area contributed by atoms with Crippen molar-refractivity contribution in [1.29, 1.82) is 0 Å². The van der Waals surface area contributed by atoms with Gasteiger partial charge in [0, 0.05) is 42.3 Å². The molecule has 0 bridgehead atoms. The van der Waals surface area contributed by atoms with Gasteiger partial charge < -0.3 is 9.84 Å². The van der Waals surface area contributed by atoms with E-state index in [4.69, 9.17) is 16.1 Å². The molecule has 3 rings (SSSR count). The van der Waals surface area contributed by atoms with Crippen LogP contribution in [0.5, 0.6) is 0 Å². The number of hydrogen-bond acceptors (Lipinski definition) is 4. The molecule has 6 heteroatoms. The molecule has 21 heavy (non-hydrogen) atoms. The maximum absolute atomic E-state index is 5.89. The van der Waals surface area contributed by atoms with Gasteiger partial charge >= 0.3 is 0 Å². The van der Waals surface area contributed by atoms with Crippen LogP contribution in [0.15, 0.2) is 34.9 Å². The van der Waals surface area contributed by atoms with Crippen LogP contribution in [0, 0.1) is 0 Å². The Morgan fingerprint density at radius 2 is 2.14 bits per heavy atom. The molecule has 0 aliphatic carbocycles. The lowest BCUT2D eigenvalue weighted by molar-refractivity contribution is 0.149. The average Bonchev–Trinajstić information content (AvgIpc) is 2.91. The molecule has 0 unspecified atom stereocenters. The van der Waals surface area contributed by atoms with Gasteiger partial charge in [0.05, 0.1) is 6.54 Å². The standard InChI is InChI=1S/C15H18ClN3O.ClH/c1-11-9-17-6-7-19(11)10-14-8-15(18-20-14)12-2-4-13(16)5-3-12;/h2-5,8,11,17H,6-7,9-10H2,1H3;1H/t11-;/m1./s1. The van der Waals surface area contributed by atoms with Gasteiger partial charge in [0.25, 0.3) is 0 Å². The SMILES string of the molecule is C[C@@H]1CNCCN1Cc1cc(-c2ccc(Cl)cc2)no1.Cl. The van der Waals surface area contributed by atoms with Crippen LogP contribution in [0.3, 0.4) is 0 Å². The molecule has 1 N–H and O–H groups in total. The molecule has 4 nitrogen and oxygen atoms in total. The molecule has 0 amide bonds. The van der Waals surface area contributed by atoms with Crippen LogP contribution >= 0.6 is 24.0 Å². The highest BCUT2D eigenvalue weighted by Gasteiger charge is 2.19. The Hall–Kier alpha value is -1.07. The van der Waals surface area contributed by atoms with Crippen molar-refractivity contribution in [3.8, 4) is 11.3 Å². The van der Waals surface area contributed by atoms with E-state index < -0.39 is 0 Å². The van der Waals surface area contributed by atoms with Crippen molar-refractivity contribution < 1.29 is 4.52 Å². The van der Waals surface area contributed by atoms with Gasteiger partial charge in [-0.3, -0.25) is 4.90 Å². The topological polar surface area (TPSA) is 41.3 Å². The van der Waals surface area contributed by atoms with E-state index in [1.165, 1.54) is 0 Å². The van der Waals surface area contributed by atoms with Gasteiger partial charge in [0.2, 0.25) is 0 Å². The molecular formula is C15H19Cl2N3O. The van der Waals surface area contributed by atoms with Crippen molar-refractivity contribution in [3.63, 3.8) is 0 Å². The van der Waals surface area contributed by atoms with Gasteiger partial charge in [0.1, 0.15) is 5.69 Å². The summed E-state index contributed by atoms with van der Waals surface area (Å²) in [5.41, 5.74) is 1.89. The fourth-order valence-electron chi connectivity index (χ4n) is 2.46. The molecule has 1 atom stereocenters. The van der Waals surface area contributed by atoms with Gasteiger partial charge in [-0.05, 0) is 19.1 Å². The second-order valence-electron chi connectivity index (χ2n) is 5.21. The summed E-state index contributed by atoms with van der Waals surface area (Å²) in [6.45, 7) is 6.13. The molecule has 114 valence electrons. The maximum atomic E-state index is 5.89. The van der Waals surface area contributed by atoms with Crippen LogP contribution in [0.1, 0.15) is 12.7 Å². The predicted molar refractivity (Wildman–Crippen MR) is 86.9 cm³/mol. The summed E-state index contributed by atoms with van der Waals surface area (Å²) in [6, 6.07) is 10.2. The molecule has 1 aliphatic rings. The fourth-order valence-corrected chi connectivity index (χ4v) is 2.59. The van der Waals surface area contributed by atoms with Crippen molar-refractivity contribution in [2.24, 2.45) is 0 Å². The molecule has 0 spiro atoms. The molecule has 1 fully saturated rings. The Bertz CT molecular complexity index is 571. The lowest BCUT2D eigenvalue weighted by Crippen LogP contribution is -2.49. The molecule has 1 saturated heterocycles. The molecule has 2 heterocycles. The van der Waals surface area contributed by atoms with E-state index in [9.17, 15) is 0 Å². The average molecular weight is 328 g/mol. The second-order valence-corrected chi connectivity index (χ2v) is 5.65. The predicted octanol–water partition coefficient (Wildman–Crippen LogP) is 3.21. The first kappa shape index (κ1) is 16.3. The highest BCUT2D eigenvalue weighted by molar-refractivity contribution is 6.30. The van der Waals surface area contributed by atoms with Crippen LogP contribution in [0.25, 0.3) is 11.3 Å². The lowest BCUT2D eigenvalue weighted by atomic mass is 10.1. The molecule has 0 radical (unpaired) electrons. The third-order valence-electron chi connectivity index (χ3n) is 3.70. The summed E-state index contributed by atoms with van der Waals surface area (Å²) in [7, 11) is 0. The lowest BCUT2D eigenvalue weighted by Gasteiger charge is -2.32. The van der Waals surface area contributed by atoms with Gasteiger partial charge in [0.15, 0.2) is 5.76 Å². The van der Waals surface area contributed by atoms with E-state index in [0.717, 1.165) is 48.2 Å². The van der Waals surface area contributed by atoms with Gasteiger partial charge in [-0.15, -0.1) is 12.4 Å². The monoisotopic (exact) mass is 327 g/mol. The highest BCUT2D eigenvalue weighted by atomic mass is 35.5. The van der Waals surface area contributed by atoms with Crippen molar-refractivity contribution >= 4 is 24.0 Å². The van der Waals surface area contributed by atoms with E-state index in [0.29, 0.717) is 6.04 Å². The highest BCUT2D eigenvalue weighted by Crippen LogP contribution is 2.22. The smallest absolute Gasteiger partial charge is 0.151 e. The Kier molecular flexibility index (Phi) is 5.65. The molecule has 1 aromatic carbocycles. The Morgan fingerprint density at radius 3 is 2.86 bits per heavy atom. The van der Waals surface area contributed by atoms with Gasteiger partial charge in [-0.25, -0.2) is 0 Å².